The van der Waals surface area contributed by atoms with Gasteiger partial charge in [0.2, 0.25) is 11.1 Å². The molecular formula is C11H15ClN4O2. The first-order valence-electron chi connectivity index (χ1n) is 5.74. The summed E-state index contributed by atoms with van der Waals surface area (Å²) in [6.45, 7) is 7.33. The molecule has 2 heterocycles. The number of hydrogen-bond donors (Lipinski definition) is 0. The summed E-state index contributed by atoms with van der Waals surface area (Å²) >= 11 is 5.80. The SMILES string of the molecule is Cc1nc(Cl)nc(N2CCC(C)(C)C2)c1[N+](=O)[O-]. The molecule has 7 heteroatoms. The lowest BCUT2D eigenvalue weighted by Gasteiger charge is -2.20. The summed E-state index contributed by atoms with van der Waals surface area (Å²) in [7, 11) is 0. The van der Waals surface area contributed by atoms with Crippen molar-refractivity contribution in [2.24, 2.45) is 5.41 Å². The van der Waals surface area contributed by atoms with Gasteiger partial charge >= 0.3 is 5.69 Å². The highest BCUT2D eigenvalue weighted by molar-refractivity contribution is 6.28. The lowest BCUT2D eigenvalue weighted by Crippen LogP contribution is -2.25. The molecule has 0 aliphatic carbocycles. The Kier molecular flexibility index (Phi) is 3.14. The van der Waals surface area contributed by atoms with Crippen LogP contribution in [0.5, 0.6) is 0 Å². The molecule has 6 nitrogen and oxygen atoms in total. The van der Waals surface area contributed by atoms with Gasteiger partial charge in [0.25, 0.3) is 0 Å². The van der Waals surface area contributed by atoms with Gasteiger partial charge in [-0.3, -0.25) is 10.1 Å². The fourth-order valence-corrected chi connectivity index (χ4v) is 2.45. The second-order valence-electron chi connectivity index (χ2n) is 5.34. The average molecular weight is 271 g/mol. The second-order valence-corrected chi connectivity index (χ2v) is 5.68. The van der Waals surface area contributed by atoms with Crippen molar-refractivity contribution in [3.63, 3.8) is 0 Å². The Balaban J connectivity index is 2.47. The van der Waals surface area contributed by atoms with E-state index in [1.54, 1.807) is 6.92 Å². The number of aromatic nitrogens is 2. The molecule has 0 spiro atoms. The number of aryl methyl sites for hydroxylation is 1. The van der Waals surface area contributed by atoms with Gasteiger partial charge in [-0.25, -0.2) is 4.98 Å². The van der Waals surface area contributed by atoms with E-state index in [1.165, 1.54) is 0 Å². The molecule has 1 aliphatic heterocycles. The maximum absolute atomic E-state index is 11.1. The Morgan fingerprint density at radius 2 is 2.11 bits per heavy atom. The molecule has 0 unspecified atom stereocenters. The van der Waals surface area contributed by atoms with Gasteiger partial charge in [0.15, 0.2) is 0 Å². The van der Waals surface area contributed by atoms with E-state index in [4.69, 9.17) is 11.6 Å². The van der Waals surface area contributed by atoms with Gasteiger partial charge in [-0.05, 0) is 30.4 Å². The predicted molar refractivity (Wildman–Crippen MR) is 69.0 cm³/mol. The molecule has 0 radical (unpaired) electrons. The van der Waals surface area contributed by atoms with E-state index in [9.17, 15) is 10.1 Å². The molecule has 98 valence electrons. The van der Waals surface area contributed by atoms with Crippen LogP contribution < -0.4 is 4.90 Å². The standard InChI is InChI=1S/C11H15ClN4O2/c1-7-8(16(17)18)9(14-10(12)13-7)15-5-4-11(2,3)6-15/h4-6H2,1-3H3. The summed E-state index contributed by atoms with van der Waals surface area (Å²) in [5.41, 5.74) is 0.399. The zero-order valence-corrected chi connectivity index (χ0v) is 11.4. The lowest BCUT2D eigenvalue weighted by atomic mass is 9.93. The van der Waals surface area contributed by atoms with Crippen molar-refractivity contribution in [3.8, 4) is 0 Å². The molecule has 0 bridgehead atoms. The quantitative estimate of drug-likeness (QED) is 0.469. The number of nitrogens with zero attached hydrogens (tertiary/aromatic N) is 4. The Bertz CT molecular complexity index is 504. The van der Waals surface area contributed by atoms with Gasteiger partial charge in [0.1, 0.15) is 5.69 Å². The summed E-state index contributed by atoms with van der Waals surface area (Å²) in [4.78, 5) is 20.5. The van der Waals surface area contributed by atoms with Crippen molar-refractivity contribution in [2.75, 3.05) is 18.0 Å². The predicted octanol–water partition coefficient (Wildman–Crippen LogP) is 2.58. The van der Waals surface area contributed by atoms with Crippen molar-refractivity contribution in [2.45, 2.75) is 27.2 Å². The van der Waals surface area contributed by atoms with Crippen LogP contribution in [-0.4, -0.2) is 28.0 Å². The third-order valence-corrected chi connectivity index (χ3v) is 3.34. The van der Waals surface area contributed by atoms with E-state index in [0.29, 0.717) is 11.5 Å². The molecule has 1 fully saturated rings. The highest BCUT2D eigenvalue weighted by Gasteiger charge is 2.35. The van der Waals surface area contributed by atoms with Gasteiger partial charge in [-0.1, -0.05) is 13.8 Å². The molecule has 1 aromatic heterocycles. The van der Waals surface area contributed by atoms with Crippen LogP contribution in [0.15, 0.2) is 0 Å². The molecule has 1 aromatic rings. The fourth-order valence-electron chi connectivity index (χ4n) is 2.25. The Morgan fingerprint density at radius 1 is 1.44 bits per heavy atom. The molecule has 18 heavy (non-hydrogen) atoms. The largest absolute Gasteiger partial charge is 0.350 e. The van der Waals surface area contributed by atoms with Crippen molar-refractivity contribution in [1.82, 2.24) is 9.97 Å². The number of nitro groups is 1. The third kappa shape index (κ3) is 2.38. The molecule has 1 aliphatic rings. The first-order chi connectivity index (χ1) is 8.30. The maximum Gasteiger partial charge on any atom is 0.332 e. The minimum Gasteiger partial charge on any atom is -0.350 e. The van der Waals surface area contributed by atoms with E-state index < -0.39 is 4.92 Å². The van der Waals surface area contributed by atoms with Gasteiger partial charge < -0.3 is 4.90 Å². The minimum atomic E-state index is -0.438. The van der Waals surface area contributed by atoms with E-state index in [1.807, 2.05) is 4.90 Å². The topological polar surface area (TPSA) is 72.2 Å². The Morgan fingerprint density at radius 3 is 2.61 bits per heavy atom. The molecule has 0 atom stereocenters. The van der Waals surface area contributed by atoms with Crippen molar-refractivity contribution < 1.29 is 4.92 Å². The molecule has 0 N–H and O–H groups in total. The monoisotopic (exact) mass is 270 g/mol. The van der Waals surface area contributed by atoms with Crippen LogP contribution in [0, 0.1) is 22.5 Å². The first-order valence-corrected chi connectivity index (χ1v) is 6.11. The van der Waals surface area contributed by atoms with Crippen LogP contribution in [-0.2, 0) is 0 Å². The van der Waals surface area contributed by atoms with Crippen molar-refractivity contribution in [3.05, 3.63) is 21.1 Å². The van der Waals surface area contributed by atoms with E-state index in [2.05, 4.69) is 23.8 Å². The first kappa shape index (κ1) is 13.0. The number of rotatable bonds is 2. The zero-order valence-electron chi connectivity index (χ0n) is 10.6. The molecule has 1 saturated heterocycles. The van der Waals surface area contributed by atoms with Crippen LogP contribution >= 0.6 is 11.6 Å². The van der Waals surface area contributed by atoms with Gasteiger partial charge in [-0.2, -0.15) is 4.98 Å². The smallest absolute Gasteiger partial charge is 0.332 e. The van der Waals surface area contributed by atoms with Crippen LogP contribution in [0.2, 0.25) is 5.28 Å². The van der Waals surface area contributed by atoms with Crippen molar-refractivity contribution in [1.29, 1.82) is 0 Å². The number of anilines is 1. The van der Waals surface area contributed by atoms with Crippen LogP contribution in [0.1, 0.15) is 26.0 Å². The number of halogens is 1. The molecule has 0 saturated carbocycles. The third-order valence-electron chi connectivity index (χ3n) is 3.17. The lowest BCUT2D eigenvalue weighted by molar-refractivity contribution is -0.385. The normalized spacial score (nSPS) is 18.1. The molecular weight excluding hydrogens is 256 g/mol. The van der Waals surface area contributed by atoms with E-state index >= 15 is 0 Å². The van der Waals surface area contributed by atoms with Crippen LogP contribution in [0.25, 0.3) is 0 Å². The van der Waals surface area contributed by atoms with Crippen LogP contribution in [0.4, 0.5) is 11.5 Å². The molecule has 0 amide bonds. The summed E-state index contributed by atoms with van der Waals surface area (Å²) < 4.78 is 0. The van der Waals surface area contributed by atoms with E-state index in [-0.39, 0.29) is 16.4 Å². The highest BCUT2D eigenvalue weighted by atomic mass is 35.5. The van der Waals surface area contributed by atoms with Crippen LogP contribution in [0.3, 0.4) is 0 Å². The summed E-state index contributed by atoms with van der Waals surface area (Å²) in [6.07, 6.45) is 0.977. The Hall–Kier alpha value is -1.43. The van der Waals surface area contributed by atoms with Gasteiger partial charge in [0, 0.05) is 13.1 Å². The average Bonchev–Trinajstić information content (AvgIpc) is 2.56. The van der Waals surface area contributed by atoms with Gasteiger partial charge in [0.05, 0.1) is 4.92 Å². The Labute approximate surface area is 110 Å². The second kappa shape index (κ2) is 4.35. The van der Waals surface area contributed by atoms with Crippen molar-refractivity contribution >= 4 is 23.1 Å². The highest BCUT2D eigenvalue weighted by Crippen LogP contribution is 2.37. The fraction of sp³-hybridized carbons (Fsp3) is 0.636. The number of hydrogen-bond acceptors (Lipinski definition) is 5. The maximum atomic E-state index is 11.1. The minimum absolute atomic E-state index is 0.0444. The summed E-state index contributed by atoms with van der Waals surface area (Å²) in [5.74, 6) is 0.336. The zero-order chi connectivity index (χ0) is 13.5. The summed E-state index contributed by atoms with van der Waals surface area (Å²) in [6, 6.07) is 0. The van der Waals surface area contributed by atoms with E-state index in [0.717, 1.165) is 19.5 Å². The molecule has 2 rings (SSSR count). The van der Waals surface area contributed by atoms with Gasteiger partial charge in [-0.15, -0.1) is 0 Å². The molecule has 0 aromatic carbocycles. The summed E-state index contributed by atoms with van der Waals surface area (Å²) in [5, 5.41) is 11.2.